The molecule has 1 aliphatic carbocycles. The van der Waals surface area contributed by atoms with Gasteiger partial charge in [-0.15, -0.1) is 11.8 Å². The summed E-state index contributed by atoms with van der Waals surface area (Å²) < 4.78 is 23.8. The third-order valence-electron chi connectivity index (χ3n) is 5.30. The fraction of sp³-hybridized carbons (Fsp3) is 0.632. The minimum absolute atomic E-state index is 0.0971. The molecule has 1 saturated carbocycles. The van der Waals surface area contributed by atoms with E-state index in [0.717, 1.165) is 30.6 Å². The average molecular weight is 382 g/mol. The number of rotatable bonds is 5. The van der Waals surface area contributed by atoms with E-state index in [9.17, 15) is 13.2 Å². The molecule has 1 heterocycles. The molecule has 2 aliphatic rings. The van der Waals surface area contributed by atoms with Gasteiger partial charge in [0.05, 0.1) is 17.3 Å². The van der Waals surface area contributed by atoms with E-state index in [4.69, 9.17) is 0 Å². The number of carbonyl (C=O) groups excluding carboxylic acids is 1. The molecule has 1 saturated heterocycles. The molecule has 4 nitrogen and oxygen atoms in total. The molecule has 1 atom stereocenters. The lowest BCUT2D eigenvalue weighted by atomic mass is 10.1. The Bertz CT molecular complexity index is 739. The number of thioether (sulfide) groups is 1. The molecule has 1 aromatic carbocycles. The molecule has 1 amide bonds. The van der Waals surface area contributed by atoms with Gasteiger partial charge in [0, 0.05) is 17.0 Å². The summed E-state index contributed by atoms with van der Waals surface area (Å²) in [5.41, 5.74) is 2.37. The zero-order chi connectivity index (χ0) is 18.0. The Kier molecular flexibility index (Phi) is 5.78. The molecule has 138 valence electrons. The van der Waals surface area contributed by atoms with E-state index < -0.39 is 9.84 Å². The van der Waals surface area contributed by atoms with Gasteiger partial charge in [-0.25, -0.2) is 8.42 Å². The lowest BCUT2D eigenvalue weighted by Gasteiger charge is -2.34. The molecule has 3 rings (SSSR count). The third kappa shape index (κ3) is 4.59. The van der Waals surface area contributed by atoms with Gasteiger partial charge in [0.2, 0.25) is 5.91 Å². The van der Waals surface area contributed by atoms with Crippen LogP contribution in [0.15, 0.2) is 23.1 Å². The average Bonchev–Trinajstić information content (AvgIpc) is 3.19. The molecule has 0 aromatic heterocycles. The summed E-state index contributed by atoms with van der Waals surface area (Å²) >= 11 is 1.57. The van der Waals surface area contributed by atoms with E-state index in [1.165, 1.54) is 11.1 Å². The molecular weight excluding hydrogens is 354 g/mol. The first kappa shape index (κ1) is 18.8. The molecule has 0 bridgehead atoms. The van der Waals surface area contributed by atoms with Gasteiger partial charge in [-0.2, -0.15) is 0 Å². The minimum atomic E-state index is -2.98. The topological polar surface area (TPSA) is 54.5 Å². The number of carbonyl (C=O) groups is 1. The van der Waals surface area contributed by atoms with Crippen molar-refractivity contribution in [3.05, 3.63) is 29.3 Å². The zero-order valence-electron chi connectivity index (χ0n) is 15.0. The van der Waals surface area contributed by atoms with Gasteiger partial charge in [-0.1, -0.05) is 30.5 Å². The summed E-state index contributed by atoms with van der Waals surface area (Å²) in [6, 6.07) is 6.38. The van der Waals surface area contributed by atoms with Crippen LogP contribution in [0.5, 0.6) is 0 Å². The van der Waals surface area contributed by atoms with Gasteiger partial charge in [0.15, 0.2) is 9.84 Å². The Balaban J connectivity index is 1.72. The minimum Gasteiger partial charge on any atom is -0.335 e. The van der Waals surface area contributed by atoms with Crippen molar-refractivity contribution in [1.82, 2.24) is 4.90 Å². The van der Waals surface area contributed by atoms with Gasteiger partial charge in [0.25, 0.3) is 0 Å². The predicted octanol–water partition coefficient (Wildman–Crippen LogP) is 3.35. The standard InChI is InChI=1S/C19H27NO3S2/c1-14-7-8-15(2)18(11-14)24-12-19(21)20(16-5-3-4-6-16)17-9-10-25(22,23)13-17/h7-8,11,16-17H,3-6,9-10,12-13H2,1-2H3. The van der Waals surface area contributed by atoms with Crippen LogP contribution in [0.25, 0.3) is 0 Å². The summed E-state index contributed by atoms with van der Waals surface area (Å²) in [6.07, 6.45) is 4.89. The second-order valence-electron chi connectivity index (χ2n) is 7.35. The van der Waals surface area contributed by atoms with Crippen molar-refractivity contribution in [2.75, 3.05) is 17.3 Å². The number of sulfone groups is 1. The van der Waals surface area contributed by atoms with Crippen molar-refractivity contribution >= 4 is 27.5 Å². The Morgan fingerprint density at radius 3 is 2.52 bits per heavy atom. The van der Waals surface area contributed by atoms with Crippen molar-refractivity contribution in [1.29, 1.82) is 0 Å². The first-order valence-electron chi connectivity index (χ1n) is 9.07. The van der Waals surface area contributed by atoms with Crippen LogP contribution in [0.1, 0.15) is 43.2 Å². The Morgan fingerprint density at radius 2 is 1.88 bits per heavy atom. The van der Waals surface area contributed by atoms with Gasteiger partial charge in [-0.3, -0.25) is 4.79 Å². The van der Waals surface area contributed by atoms with Crippen LogP contribution in [-0.2, 0) is 14.6 Å². The maximum absolute atomic E-state index is 13.0. The summed E-state index contributed by atoms with van der Waals surface area (Å²) in [5, 5.41) is 0. The second kappa shape index (κ2) is 7.70. The van der Waals surface area contributed by atoms with Crippen molar-refractivity contribution < 1.29 is 13.2 Å². The van der Waals surface area contributed by atoms with Crippen LogP contribution >= 0.6 is 11.8 Å². The normalized spacial score (nSPS) is 23.0. The molecule has 6 heteroatoms. The van der Waals surface area contributed by atoms with Crippen molar-refractivity contribution in [3.8, 4) is 0 Å². The molecule has 1 aromatic rings. The quantitative estimate of drug-likeness (QED) is 0.734. The lowest BCUT2D eigenvalue weighted by Crippen LogP contribution is -2.47. The van der Waals surface area contributed by atoms with E-state index in [1.54, 1.807) is 11.8 Å². The van der Waals surface area contributed by atoms with Gasteiger partial charge in [0.1, 0.15) is 0 Å². The molecule has 2 fully saturated rings. The Morgan fingerprint density at radius 1 is 1.16 bits per heavy atom. The van der Waals surface area contributed by atoms with Crippen LogP contribution in [0.2, 0.25) is 0 Å². The second-order valence-corrected chi connectivity index (χ2v) is 10.6. The molecule has 1 unspecified atom stereocenters. The summed E-state index contributed by atoms with van der Waals surface area (Å²) in [6.45, 7) is 4.12. The van der Waals surface area contributed by atoms with Crippen LogP contribution in [0, 0.1) is 13.8 Å². The largest absolute Gasteiger partial charge is 0.335 e. The number of amides is 1. The SMILES string of the molecule is Cc1ccc(C)c(SCC(=O)N(C2CCCC2)C2CCS(=O)(=O)C2)c1. The van der Waals surface area contributed by atoms with E-state index >= 15 is 0 Å². The van der Waals surface area contributed by atoms with Crippen LogP contribution in [0.4, 0.5) is 0 Å². The highest BCUT2D eigenvalue weighted by atomic mass is 32.2. The monoisotopic (exact) mass is 381 g/mol. The number of aryl methyl sites for hydroxylation is 2. The van der Waals surface area contributed by atoms with Crippen LogP contribution < -0.4 is 0 Å². The van der Waals surface area contributed by atoms with Gasteiger partial charge < -0.3 is 4.90 Å². The molecular formula is C19H27NO3S2. The summed E-state index contributed by atoms with van der Waals surface area (Å²) in [7, 11) is -2.98. The molecule has 0 N–H and O–H groups in total. The number of hydrogen-bond donors (Lipinski definition) is 0. The van der Waals surface area contributed by atoms with E-state index in [1.807, 2.05) is 4.90 Å². The number of hydrogen-bond acceptors (Lipinski definition) is 4. The van der Waals surface area contributed by atoms with Gasteiger partial charge in [-0.05, 0) is 44.7 Å². The maximum Gasteiger partial charge on any atom is 0.233 e. The van der Waals surface area contributed by atoms with Crippen molar-refractivity contribution in [2.24, 2.45) is 0 Å². The van der Waals surface area contributed by atoms with E-state index in [0.29, 0.717) is 12.2 Å². The fourth-order valence-electron chi connectivity index (χ4n) is 3.96. The summed E-state index contributed by atoms with van der Waals surface area (Å²) in [4.78, 5) is 16.1. The first-order valence-corrected chi connectivity index (χ1v) is 11.9. The Hall–Kier alpha value is -1.01. The molecule has 25 heavy (non-hydrogen) atoms. The van der Waals surface area contributed by atoms with Gasteiger partial charge >= 0.3 is 0 Å². The molecule has 1 aliphatic heterocycles. The highest BCUT2D eigenvalue weighted by Crippen LogP contribution is 2.31. The van der Waals surface area contributed by atoms with Crippen LogP contribution in [-0.4, -0.2) is 48.6 Å². The third-order valence-corrected chi connectivity index (χ3v) is 8.20. The predicted molar refractivity (Wildman–Crippen MR) is 103 cm³/mol. The Labute approximate surface area is 155 Å². The van der Waals surface area contributed by atoms with Crippen molar-refractivity contribution in [2.45, 2.75) is 62.9 Å². The van der Waals surface area contributed by atoms with E-state index in [2.05, 4.69) is 32.0 Å². The molecule has 0 radical (unpaired) electrons. The number of nitrogens with zero attached hydrogens (tertiary/aromatic N) is 1. The first-order chi connectivity index (χ1) is 11.9. The highest BCUT2D eigenvalue weighted by molar-refractivity contribution is 8.00. The fourth-order valence-corrected chi connectivity index (χ4v) is 6.66. The van der Waals surface area contributed by atoms with E-state index in [-0.39, 0.29) is 29.5 Å². The molecule has 0 spiro atoms. The van der Waals surface area contributed by atoms with Crippen molar-refractivity contribution in [3.63, 3.8) is 0 Å². The number of benzene rings is 1. The van der Waals surface area contributed by atoms with Crippen LogP contribution in [0.3, 0.4) is 0 Å². The smallest absolute Gasteiger partial charge is 0.233 e. The zero-order valence-corrected chi connectivity index (χ0v) is 16.7. The lowest BCUT2D eigenvalue weighted by molar-refractivity contribution is -0.132. The maximum atomic E-state index is 13.0. The highest BCUT2D eigenvalue weighted by Gasteiger charge is 2.38. The summed E-state index contributed by atoms with van der Waals surface area (Å²) in [5.74, 6) is 0.846.